The van der Waals surface area contributed by atoms with E-state index in [1.807, 2.05) is 0 Å². The zero-order valence-electron chi connectivity index (χ0n) is 10.2. The Kier molecular flexibility index (Phi) is 7.42. The first-order chi connectivity index (χ1) is 7.79. The molecular weight excluding hydrogens is 220 g/mol. The molecule has 0 bridgehead atoms. The molecule has 92 valence electrons. The lowest BCUT2D eigenvalue weighted by molar-refractivity contribution is 0.125. The monoisotopic (exact) mass is 242 g/mol. The third-order valence-corrected chi connectivity index (χ3v) is 3.06. The van der Waals surface area contributed by atoms with Gasteiger partial charge in [-0.25, -0.2) is 0 Å². The summed E-state index contributed by atoms with van der Waals surface area (Å²) in [5.41, 5.74) is 0. The minimum Gasteiger partial charge on any atom is -0.375 e. The number of hydrogen-bond acceptors (Lipinski definition) is 4. The van der Waals surface area contributed by atoms with Crippen molar-refractivity contribution in [3.05, 3.63) is 22.4 Å². The number of nitrogens with one attached hydrogen (secondary N) is 1. The van der Waals surface area contributed by atoms with Crippen LogP contribution >= 0.6 is 11.3 Å². The predicted molar refractivity (Wildman–Crippen MR) is 70.0 cm³/mol. The third-order valence-electron chi connectivity index (χ3n) is 2.21. The Morgan fingerprint density at radius 2 is 2.25 bits per heavy atom. The fraction of sp³-hybridized carbons (Fsp3) is 0.667. The fourth-order valence-corrected chi connectivity index (χ4v) is 2.00. The van der Waals surface area contributed by atoms with Crippen LogP contribution in [0, 0.1) is 0 Å². The number of thiophene rings is 1. The Morgan fingerprint density at radius 3 is 2.94 bits per heavy atom. The van der Waals surface area contributed by atoms with Crippen LogP contribution < -0.4 is 5.32 Å². The normalized spacial score (nSPS) is 11.2. The minimum atomic E-state index is 0.747. The van der Waals surface area contributed by atoms with Gasteiger partial charge in [0.25, 0.3) is 0 Å². The van der Waals surface area contributed by atoms with Gasteiger partial charge in [-0.1, -0.05) is 6.07 Å². The van der Waals surface area contributed by atoms with Crippen LogP contribution in [0.5, 0.6) is 0 Å². The second-order valence-electron chi connectivity index (χ2n) is 4.04. The predicted octanol–water partition coefficient (Wildman–Crippen LogP) is 1.81. The van der Waals surface area contributed by atoms with Gasteiger partial charge in [-0.2, -0.15) is 0 Å². The summed E-state index contributed by atoms with van der Waals surface area (Å²) in [6.45, 7) is 4.69. The molecule has 1 aromatic heterocycles. The van der Waals surface area contributed by atoms with E-state index in [1.54, 1.807) is 11.3 Å². The van der Waals surface area contributed by atoms with Crippen molar-refractivity contribution in [3.63, 3.8) is 0 Å². The molecule has 0 unspecified atom stereocenters. The molecule has 0 amide bonds. The van der Waals surface area contributed by atoms with E-state index < -0.39 is 0 Å². The third kappa shape index (κ3) is 6.95. The smallest absolute Gasteiger partial charge is 0.0809 e. The first-order valence-corrected chi connectivity index (χ1v) is 6.62. The summed E-state index contributed by atoms with van der Waals surface area (Å²) in [6.07, 6.45) is 1.19. The first kappa shape index (κ1) is 13.6. The first-order valence-electron chi connectivity index (χ1n) is 5.74. The van der Waals surface area contributed by atoms with E-state index in [0.717, 1.165) is 32.8 Å². The number of ether oxygens (including phenoxy) is 1. The Bertz CT molecular complexity index is 250. The Labute approximate surface area is 102 Å². The maximum absolute atomic E-state index is 5.54. The van der Waals surface area contributed by atoms with E-state index in [-0.39, 0.29) is 0 Å². The fourth-order valence-electron chi connectivity index (χ4n) is 1.36. The molecule has 0 aromatic carbocycles. The van der Waals surface area contributed by atoms with Crippen LogP contribution in [0.15, 0.2) is 17.5 Å². The summed E-state index contributed by atoms with van der Waals surface area (Å²) in [5, 5.41) is 5.45. The van der Waals surface area contributed by atoms with E-state index in [1.165, 1.54) is 11.3 Å². The highest BCUT2D eigenvalue weighted by atomic mass is 32.1. The zero-order chi connectivity index (χ0) is 11.6. The van der Waals surface area contributed by atoms with Crippen LogP contribution in [0.4, 0.5) is 0 Å². The van der Waals surface area contributed by atoms with Crippen LogP contribution in [-0.2, 0) is 11.3 Å². The molecule has 0 atom stereocenters. The van der Waals surface area contributed by atoms with Gasteiger partial charge in [0.15, 0.2) is 0 Å². The SMILES string of the molecule is CN(C)CCCNCCOCc1cccs1. The molecular formula is C12H22N2OS. The van der Waals surface area contributed by atoms with Crippen molar-refractivity contribution in [2.75, 3.05) is 40.3 Å². The minimum absolute atomic E-state index is 0.747. The highest BCUT2D eigenvalue weighted by molar-refractivity contribution is 7.09. The van der Waals surface area contributed by atoms with E-state index >= 15 is 0 Å². The van der Waals surface area contributed by atoms with Crippen molar-refractivity contribution in [2.24, 2.45) is 0 Å². The molecule has 0 aliphatic carbocycles. The molecule has 0 fully saturated rings. The van der Waals surface area contributed by atoms with Gasteiger partial charge in [0.1, 0.15) is 0 Å². The molecule has 0 spiro atoms. The van der Waals surface area contributed by atoms with Gasteiger partial charge in [-0.15, -0.1) is 11.3 Å². The number of rotatable bonds is 9. The van der Waals surface area contributed by atoms with Crippen molar-refractivity contribution in [2.45, 2.75) is 13.0 Å². The summed E-state index contributed by atoms with van der Waals surface area (Å²) >= 11 is 1.75. The second kappa shape index (κ2) is 8.70. The van der Waals surface area contributed by atoms with Crippen LogP contribution in [0.25, 0.3) is 0 Å². The van der Waals surface area contributed by atoms with Crippen molar-refractivity contribution in [1.29, 1.82) is 0 Å². The molecule has 0 saturated heterocycles. The average Bonchev–Trinajstić information content (AvgIpc) is 2.74. The lowest BCUT2D eigenvalue weighted by Crippen LogP contribution is -2.24. The van der Waals surface area contributed by atoms with Crippen LogP contribution in [0.1, 0.15) is 11.3 Å². The lowest BCUT2D eigenvalue weighted by Gasteiger charge is -2.09. The number of hydrogen-bond donors (Lipinski definition) is 1. The molecule has 3 nitrogen and oxygen atoms in total. The van der Waals surface area contributed by atoms with Gasteiger partial charge >= 0.3 is 0 Å². The summed E-state index contributed by atoms with van der Waals surface area (Å²) in [6, 6.07) is 4.16. The Hall–Kier alpha value is -0.420. The Balaban J connectivity index is 1.82. The molecule has 4 heteroatoms. The summed E-state index contributed by atoms with van der Waals surface area (Å²) in [4.78, 5) is 3.50. The van der Waals surface area contributed by atoms with E-state index in [2.05, 4.69) is 41.8 Å². The van der Waals surface area contributed by atoms with E-state index in [4.69, 9.17) is 4.74 Å². The zero-order valence-corrected chi connectivity index (χ0v) is 11.1. The van der Waals surface area contributed by atoms with Gasteiger partial charge in [0, 0.05) is 11.4 Å². The highest BCUT2D eigenvalue weighted by Crippen LogP contribution is 2.08. The molecule has 1 N–H and O–H groups in total. The van der Waals surface area contributed by atoms with Gasteiger partial charge in [-0.05, 0) is 45.1 Å². The van der Waals surface area contributed by atoms with Gasteiger partial charge in [-0.3, -0.25) is 0 Å². The second-order valence-corrected chi connectivity index (χ2v) is 5.07. The molecule has 0 radical (unpaired) electrons. The van der Waals surface area contributed by atoms with Crippen molar-refractivity contribution in [1.82, 2.24) is 10.2 Å². The van der Waals surface area contributed by atoms with Gasteiger partial charge in [0.05, 0.1) is 13.2 Å². The molecule has 0 aliphatic rings. The maximum atomic E-state index is 5.54. The topological polar surface area (TPSA) is 24.5 Å². The van der Waals surface area contributed by atoms with Crippen molar-refractivity contribution >= 4 is 11.3 Å². The van der Waals surface area contributed by atoms with E-state index in [9.17, 15) is 0 Å². The van der Waals surface area contributed by atoms with Gasteiger partial charge in [0.2, 0.25) is 0 Å². The summed E-state index contributed by atoms with van der Waals surface area (Å²) in [5.74, 6) is 0. The summed E-state index contributed by atoms with van der Waals surface area (Å²) in [7, 11) is 4.20. The van der Waals surface area contributed by atoms with Crippen molar-refractivity contribution < 1.29 is 4.74 Å². The standard InChI is InChI=1S/C12H22N2OS/c1-14(2)8-4-6-13-7-9-15-11-12-5-3-10-16-12/h3,5,10,13H,4,6-9,11H2,1-2H3. The van der Waals surface area contributed by atoms with Crippen molar-refractivity contribution in [3.8, 4) is 0 Å². The lowest BCUT2D eigenvalue weighted by atomic mass is 10.4. The Morgan fingerprint density at radius 1 is 1.38 bits per heavy atom. The highest BCUT2D eigenvalue weighted by Gasteiger charge is 1.94. The maximum Gasteiger partial charge on any atom is 0.0809 e. The molecule has 1 heterocycles. The average molecular weight is 242 g/mol. The summed E-state index contributed by atoms with van der Waals surface area (Å²) < 4.78 is 5.54. The van der Waals surface area contributed by atoms with Crippen LogP contribution in [-0.4, -0.2) is 45.2 Å². The number of nitrogens with zero attached hydrogens (tertiary/aromatic N) is 1. The van der Waals surface area contributed by atoms with Gasteiger partial charge < -0.3 is 15.0 Å². The molecule has 1 rings (SSSR count). The molecule has 0 aliphatic heterocycles. The van der Waals surface area contributed by atoms with Crippen LogP contribution in [0.3, 0.4) is 0 Å². The largest absolute Gasteiger partial charge is 0.375 e. The van der Waals surface area contributed by atoms with Crippen LogP contribution in [0.2, 0.25) is 0 Å². The molecule has 1 aromatic rings. The molecule has 0 saturated carbocycles. The quantitative estimate of drug-likeness (QED) is 0.668. The van der Waals surface area contributed by atoms with E-state index in [0.29, 0.717) is 0 Å². The molecule has 16 heavy (non-hydrogen) atoms.